The topological polar surface area (TPSA) is 90.4 Å². The third-order valence-electron chi connectivity index (χ3n) is 6.13. The van der Waals surface area contributed by atoms with Crippen LogP contribution < -0.4 is 16.4 Å². The van der Waals surface area contributed by atoms with Gasteiger partial charge in [0.25, 0.3) is 11.1 Å². The van der Waals surface area contributed by atoms with E-state index in [4.69, 9.17) is 0 Å². The molecule has 1 saturated heterocycles. The molecule has 8 heteroatoms. The third kappa shape index (κ3) is 6.18. The largest absolute Gasteiger partial charge is 0.356 e. The molecule has 0 saturated carbocycles. The van der Waals surface area contributed by atoms with Gasteiger partial charge in [-0.15, -0.1) is 0 Å². The minimum atomic E-state index is -0.325. The summed E-state index contributed by atoms with van der Waals surface area (Å²) in [4.78, 5) is 41.8. The van der Waals surface area contributed by atoms with E-state index >= 15 is 0 Å². The molecule has 0 spiro atoms. The average Bonchev–Trinajstić information content (AvgIpc) is 2.85. The molecule has 1 amide bonds. The van der Waals surface area contributed by atoms with Crippen molar-refractivity contribution in [2.24, 2.45) is 0 Å². The minimum absolute atomic E-state index is 0.122. The van der Waals surface area contributed by atoms with E-state index in [2.05, 4.69) is 44.5 Å². The predicted molar refractivity (Wildman–Crippen MR) is 129 cm³/mol. The molecule has 174 valence electrons. The summed E-state index contributed by atoms with van der Waals surface area (Å²) in [5, 5.41) is 6.21. The molecule has 0 atom stereocenters. The first kappa shape index (κ1) is 22.9. The maximum absolute atomic E-state index is 12.5. The highest BCUT2D eigenvalue weighted by Gasteiger charge is 2.16. The second-order valence-electron chi connectivity index (χ2n) is 8.50. The highest BCUT2D eigenvalue weighted by Crippen LogP contribution is 2.08. The molecule has 8 nitrogen and oxygen atoms in total. The van der Waals surface area contributed by atoms with E-state index in [9.17, 15) is 14.4 Å². The highest BCUT2D eigenvalue weighted by molar-refractivity contribution is 5.80. The molecule has 1 aliphatic rings. The number of hydrogen-bond acceptors (Lipinski definition) is 5. The van der Waals surface area contributed by atoms with Crippen LogP contribution in [0, 0.1) is 0 Å². The molecule has 0 bridgehead atoms. The van der Waals surface area contributed by atoms with Crippen LogP contribution in [0.15, 0.2) is 64.2 Å². The van der Waals surface area contributed by atoms with Crippen LogP contribution in [0.25, 0.3) is 10.8 Å². The number of carbonyl (C=O) groups is 1. The zero-order valence-electron chi connectivity index (χ0n) is 18.8. The van der Waals surface area contributed by atoms with Crippen molar-refractivity contribution in [3.8, 4) is 0 Å². The summed E-state index contributed by atoms with van der Waals surface area (Å²) in [5.41, 5.74) is 0.738. The van der Waals surface area contributed by atoms with E-state index in [0.717, 1.165) is 45.7 Å². The van der Waals surface area contributed by atoms with Crippen LogP contribution in [0.5, 0.6) is 0 Å². The number of nitrogens with one attached hydrogen (secondary N) is 2. The van der Waals surface area contributed by atoms with Gasteiger partial charge in [0.2, 0.25) is 5.91 Å². The van der Waals surface area contributed by atoms with Gasteiger partial charge >= 0.3 is 0 Å². The van der Waals surface area contributed by atoms with E-state index in [1.165, 1.54) is 10.2 Å². The Morgan fingerprint density at radius 3 is 2.27 bits per heavy atom. The molecule has 33 heavy (non-hydrogen) atoms. The van der Waals surface area contributed by atoms with Gasteiger partial charge in [0.1, 0.15) is 0 Å². The predicted octanol–water partition coefficient (Wildman–Crippen LogP) is 1.40. The Balaban J connectivity index is 1.14. The van der Waals surface area contributed by atoms with Crippen LogP contribution >= 0.6 is 0 Å². The van der Waals surface area contributed by atoms with Crippen LogP contribution in [-0.2, 0) is 17.9 Å². The first-order chi connectivity index (χ1) is 16.1. The van der Waals surface area contributed by atoms with Crippen molar-refractivity contribution < 1.29 is 4.79 Å². The van der Waals surface area contributed by atoms with E-state index in [1.54, 1.807) is 24.3 Å². The Hall–Kier alpha value is -3.23. The molecule has 4 rings (SSSR count). The summed E-state index contributed by atoms with van der Waals surface area (Å²) in [6.45, 7) is 6.89. The third-order valence-corrected chi connectivity index (χ3v) is 6.13. The van der Waals surface area contributed by atoms with E-state index in [1.807, 2.05) is 6.07 Å². The van der Waals surface area contributed by atoms with Crippen LogP contribution in [0.3, 0.4) is 0 Å². The number of aryl methyl sites for hydroxylation is 1. The molecule has 1 aromatic heterocycles. The molecule has 0 unspecified atom stereocenters. The van der Waals surface area contributed by atoms with Gasteiger partial charge in [-0.3, -0.25) is 24.4 Å². The van der Waals surface area contributed by atoms with Crippen LogP contribution in [0.2, 0.25) is 0 Å². The van der Waals surface area contributed by atoms with Gasteiger partial charge in [-0.25, -0.2) is 4.68 Å². The lowest BCUT2D eigenvalue weighted by Gasteiger charge is -2.34. The first-order valence-corrected chi connectivity index (χ1v) is 11.6. The normalized spacial score (nSPS) is 15.0. The molecular weight excluding hydrogens is 418 g/mol. The maximum atomic E-state index is 12.5. The average molecular weight is 450 g/mol. The van der Waals surface area contributed by atoms with Crippen molar-refractivity contribution in [3.63, 3.8) is 0 Å². The van der Waals surface area contributed by atoms with Crippen molar-refractivity contribution in [1.29, 1.82) is 0 Å². The van der Waals surface area contributed by atoms with Gasteiger partial charge < -0.3 is 10.2 Å². The van der Waals surface area contributed by atoms with E-state index in [-0.39, 0.29) is 30.0 Å². The molecule has 0 radical (unpaired) electrons. The number of amides is 1. The second-order valence-corrected chi connectivity index (χ2v) is 8.50. The van der Waals surface area contributed by atoms with Gasteiger partial charge in [-0.05, 0) is 30.7 Å². The monoisotopic (exact) mass is 449 g/mol. The number of piperazine rings is 1. The lowest BCUT2D eigenvalue weighted by Crippen LogP contribution is -2.46. The summed E-state index contributed by atoms with van der Waals surface area (Å²) < 4.78 is 1.22. The molecule has 2 N–H and O–H groups in total. The van der Waals surface area contributed by atoms with Crippen LogP contribution in [0.4, 0.5) is 0 Å². The fourth-order valence-corrected chi connectivity index (χ4v) is 4.25. The Labute approximate surface area is 192 Å². The number of H-pyrrole nitrogens is 1. The van der Waals surface area contributed by atoms with Crippen LogP contribution in [0.1, 0.15) is 18.4 Å². The molecule has 2 heterocycles. The lowest BCUT2D eigenvalue weighted by atomic mass is 10.2. The van der Waals surface area contributed by atoms with Gasteiger partial charge in [0, 0.05) is 45.7 Å². The Bertz CT molecular complexity index is 1180. The Morgan fingerprint density at radius 1 is 0.848 bits per heavy atom. The fourth-order valence-electron chi connectivity index (χ4n) is 4.25. The Kier molecular flexibility index (Phi) is 7.70. The summed E-state index contributed by atoms with van der Waals surface area (Å²) in [6.07, 6.45) is 1.03. The summed E-state index contributed by atoms with van der Waals surface area (Å²) in [5.74, 6) is -0.122. The number of carbonyl (C=O) groups excluding carboxylic acids is 1. The summed E-state index contributed by atoms with van der Waals surface area (Å²) >= 11 is 0. The summed E-state index contributed by atoms with van der Waals surface area (Å²) in [7, 11) is 0. The molecule has 0 aliphatic carbocycles. The van der Waals surface area contributed by atoms with E-state index < -0.39 is 0 Å². The SMILES string of the molecule is O=C(CCn1[nH]c(=O)c2ccccc2c1=O)NCCCN1CCN(Cc2ccccc2)CC1. The molecule has 1 fully saturated rings. The maximum Gasteiger partial charge on any atom is 0.273 e. The number of rotatable bonds is 9. The summed E-state index contributed by atoms with van der Waals surface area (Å²) in [6, 6.07) is 17.2. The van der Waals surface area contributed by atoms with Gasteiger partial charge in [0.15, 0.2) is 0 Å². The van der Waals surface area contributed by atoms with Gasteiger partial charge in [-0.1, -0.05) is 42.5 Å². The molecule has 3 aromatic rings. The smallest absolute Gasteiger partial charge is 0.273 e. The first-order valence-electron chi connectivity index (χ1n) is 11.6. The number of nitrogens with zero attached hydrogens (tertiary/aromatic N) is 3. The van der Waals surface area contributed by atoms with Gasteiger partial charge in [0.05, 0.1) is 17.3 Å². The lowest BCUT2D eigenvalue weighted by molar-refractivity contribution is -0.121. The van der Waals surface area contributed by atoms with Crippen molar-refractivity contribution in [2.45, 2.75) is 25.9 Å². The zero-order chi connectivity index (χ0) is 23.0. The van der Waals surface area contributed by atoms with E-state index in [0.29, 0.717) is 17.3 Å². The van der Waals surface area contributed by atoms with Crippen molar-refractivity contribution >= 4 is 16.7 Å². The van der Waals surface area contributed by atoms with Crippen molar-refractivity contribution in [2.75, 3.05) is 39.3 Å². The minimum Gasteiger partial charge on any atom is -0.356 e. The highest BCUT2D eigenvalue weighted by atomic mass is 16.2. The fraction of sp³-hybridized carbons (Fsp3) is 0.400. The van der Waals surface area contributed by atoms with Gasteiger partial charge in [-0.2, -0.15) is 0 Å². The van der Waals surface area contributed by atoms with Crippen molar-refractivity contribution in [3.05, 3.63) is 80.9 Å². The number of aromatic amines is 1. The number of fused-ring (bicyclic) bond motifs is 1. The zero-order valence-corrected chi connectivity index (χ0v) is 18.8. The number of benzene rings is 2. The molecule has 1 aliphatic heterocycles. The molecular formula is C25H31N5O3. The van der Waals surface area contributed by atoms with Crippen molar-refractivity contribution in [1.82, 2.24) is 24.9 Å². The number of aromatic nitrogens is 2. The second kappa shape index (κ2) is 11.1. The molecule has 2 aromatic carbocycles. The quantitative estimate of drug-likeness (QED) is 0.482. The Morgan fingerprint density at radius 2 is 1.52 bits per heavy atom. The standard InChI is InChI=1S/C25H31N5O3/c31-23(11-14-30-25(33)22-10-5-4-9-21(22)24(32)27-30)26-12-6-13-28-15-17-29(18-16-28)19-20-7-2-1-3-8-20/h1-5,7-10H,6,11-19H2,(H,26,31)(H,27,32). The van der Waals surface area contributed by atoms with Crippen LogP contribution in [-0.4, -0.2) is 64.8 Å². The number of hydrogen-bond donors (Lipinski definition) is 2.